The number of carbonyl (C=O) groups is 2. The minimum Gasteiger partial charge on any atom is -0.336 e. The number of amides is 3. The largest absolute Gasteiger partial charge is 0.336 e. The Hall–Kier alpha value is -4.04. The highest BCUT2D eigenvalue weighted by atomic mass is 32.1. The van der Waals surface area contributed by atoms with Crippen LogP contribution in [0.25, 0.3) is 0 Å². The Balaban J connectivity index is 1.60. The van der Waals surface area contributed by atoms with E-state index in [0.717, 1.165) is 0 Å². The number of carbonyl (C=O) groups excluding carboxylic acids is 2. The molecule has 0 atom stereocenters. The third-order valence-electron chi connectivity index (χ3n) is 4.37. The summed E-state index contributed by atoms with van der Waals surface area (Å²) in [5.41, 5.74) is 0.756. The third kappa shape index (κ3) is 5.55. The van der Waals surface area contributed by atoms with Crippen LogP contribution in [0.2, 0.25) is 0 Å². The second kappa shape index (κ2) is 9.84. The highest BCUT2D eigenvalue weighted by Gasteiger charge is 2.20. The number of hydrogen-bond acceptors (Lipinski definition) is 6. The number of nitriles is 1. The molecule has 1 aromatic carbocycles. The number of pyridine rings is 1. The molecule has 3 N–H and O–H groups in total. The fourth-order valence-corrected chi connectivity index (χ4v) is 3.59. The summed E-state index contributed by atoms with van der Waals surface area (Å²) in [7, 11) is 1.53. The number of halogens is 1. The van der Waals surface area contributed by atoms with Crippen molar-refractivity contribution in [3.05, 3.63) is 80.0 Å². The molecule has 3 amide bonds. The molecular formula is C21H19FN6O3S. The van der Waals surface area contributed by atoms with Gasteiger partial charge in [0.15, 0.2) is 5.13 Å². The maximum atomic E-state index is 13.2. The second-order valence-electron chi connectivity index (χ2n) is 6.92. The Bertz CT molecular complexity index is 1260. The number of benzene rings is 1. The van der Waals surface area contributed by atoms with Crippen LogP contribution in [0.15, 0.2) is 40.5 Å². The Morgan fingerprint density at radius 3 is 2.84 bits per heavy atom. The Kier molecular flexibility index (Phi) is 6.97. The van der Waals surface area contributed by atoms with Crippen LogP contribution in [0.4, 0.5) is 14.3 Å². The highest BCUT2D eigenvalue weighted by Crippen LogP contribution is 2.18. The predicted molar refractivity (Wildman–Crippen MR) is 117 cm³/mol. The van der Waals surface area contributed by atoms with Crippen LogP contribution in [0.3, 0.4) is 0 Å². The molecule has 9 nitrogen and oxygen atoms in total. The van der Waals surface area contributed by atoms with E-state index in [9.17, 15) is 24.0 Å². The minimum absolute atomic E-state index is 0.0153. The molecule has 3 aromatic rings. The molecule has 0 aliphatic rings. The number of aromatic nitrogens is 2. The molecular weight excluding hydrogens is 435 g/mol. The van der Waals surface area contributed by atoms with E-state index in [1.54, 1.807) is 30.5 Å². The van der Waals surface area contributed by atoms with Crippen LogP contribution >= 0.6 is 11.3 Å². The molecule has 32 heavy (non-hydrogen) atoms. The number of hydrogen-bond donors (Lipinski definition) is 3. The number of thiazole rings is 1. The van der Waals surface area contributed by atoms with E-state index >= 15 is 0 Å². The Labute approximate surface area is 186 Å². The van der Waals surface area contributed by atoms with Crippen molar-refractivity contribution in [2.75, 3.05) is 12.4 Å². The number of rotatable bonds is 6. The average Bonchev–Trinajstić information content (AvgIpc) is 3.17. The van der Waals surface area contributed by atoms with Crippen molar-refractivity contribution in [2.45, 2.75) is 20.0 Å². The summed E-state index contributed by atoms with van der Waals surface area (Å²) in [5.74, 6) is -0.879. The SMILES string of the molecule is Cc1cc(C(=O)N(C)Cc2csc(NC(=O)NCc3cccc(F)c3)n2)c(C#N)c(=O)[nH]1. The number of aromatic amines is 1. The molecule has 0 aliphatic carbocycles. The lowest BCUT2D eigenvalue weighted by Gasteiger charge is -2.16. The van der Waals surface area contributed by atoms with Gasteiger partial charge in [0.1, 0.15) is 17.4 Å². The fourth-order valence-electron chi connectivity index (χ4n) is 2.90. The molecule has 11 heteroatoms. The molecule has 0 unspecified atom stereocenters. The average molecular weight is 454 g/mol. The first-order chi connectivity index (χ1) is 15.3. The van der Waals surface area contributed by atoms with Gasteiger partial charge in [0.25, 0.3) is 11.5 Å². The first kappa shape index (κ1) is 22.6. The molecule has 0 spiro atoms. The monoisotopic (exact) mass is 454 g/mol. The van der Waals surface area contributed by atoms with Gasteiger partial charge in [-0.15, -0.1) is 11.3 Å². The van der Waals surface area contributed by atoms with Crippen molar-refractivity contribution < 1.29 is 14.0 Å². The van der Waals surface area contributed by atoms with Crippen molar-refractivity contribution in [3.8, 4) is 6.07 Å². The van der Waals surface area contributed by atoms with E-state index in [4.69, 9.17) is 0 Å². The van der Waals surface area contributed by atoms with Crippen LogP contribution < -0.4 is 16.2 Å². The van der Waals surface area contributed by atoms with E-state index in [1.807, 2.05) is 0 Å². The van der Waals surface area contributed by atoms with Gasteiger partial charge in [0, 0.05) is 24.7 Å². The molecule has 3 rings (SSSR count). The lowest BCUT2D eigenvalue weighted by Crippen LogP contribution is -2.30. The number of nitrogens with zero attached hydrogens (tertiary/aromatic N) is 3. The zero-order valence-corrected chi connectivity index (χ0v) is 18.0. The van der Waals surface area contributed by atoms with Crippen LogP contribution in [0, 0.1) is 24.1 Å². The third-order valence-corrected chi connectivity index (χ3v) is 5.18. The molecule has 164 valence electrons. The summed E-state index contributed by atoms with van der Waals surface area (Å²) in [5, 5.41) is 16.4. The normalized spacial score (nSPS) is 10.3. The summed E-state index contributed by atoms with van der Waals surface area (Å²) in [6, 6.07) is 8.61. The molecule has 0 aliphatic heterocycles. The predicted octanol–water partition coefficient (Wildman–Crippen LogP) is 2.74. The minimum atomic E-state index is -0.617. The molecule has 0 saturated heterocycles. The fraction of sp³-hybridized carbons (Fsp3) is 0.190. The van der Waals surface area contributed by atoms with E-state index in [2.05, 4.69) is 20.6 Å². The van der Waals surface area contributed by atoms with Crippen molar-refractivity contribution in [2.24, 2.45) is 0 Å². The molecule has 2 aromatic heterocycles. The van der Waals surface area contributed by atoms with Crippen LogP contribution in [-0.2, 0) is 13.1 Å². The lowest BCUT2D eigenvalue weighted by atomic mass is 10.1. The number of urea groups is 1. The van der Waals surface area contributed by atoms with Crippen LogP contribution in [-0.4, -0.2) is 33.9 Å². The maximum Gasteiger partial charge on any atom is 0.321 e. The molecule has 0 radical (unpaired) electrons. The van der Waals surface area contributed by atoms with Crippen molar-refractivity contribution in [3.63, 3.8) is 0 Å². The summed E-state index contributed by atoms with van der Waals surface area (Å²) >= 11 is 1.18. The number of aryl methyl sites for hydroxylation is 1. The van der Waals surface area contributed by atoms with Gasteiger partial charge in [-0.05, 0) is 30.7 Å². The zero-order chi connectivity index (χ0) is 23.3. The Morgan fingerprint density at radius 1 is 1.34 bits per heavy atom. The molecule has 2 heterocycles. The lowest BCUT2D eigenvalue weighted by molar-refractivity contribution is 0.0783. The number of anilines is 1. The van der Waals surface area contributed by atoms with Crippen LogP contribution in [0.1, 0.15) is 32.9 Å². The van der Waals surface area contributed by atoms with Gasteiger partial charge < -0.3 is 15.2 Å². The van der Waals surface area contributed by atoms with Crippen LogP contribution in [0.5, 0.6) is 0 Å². The van der Waals surface area contributed by atoms with Crippen molar-refractivity contribution in [1.29, 1.82) is 5.26 Å². The number of H-pyrrole nitrogens is 1. The van der Waals surface area contributed by atoms with E-state index in [-0.39, 0.29) is 30.0 Å². The summed E-state index contributed by atoms with van der Waals surface area (Å²) in [6.07, 6.45) is 0. The molecule has 0 fully saturated rings. The van der Waals surface area contributed by atoms with Crippen molar-refractivity contribution in [1.82, 2.24) is 20.2 Å². The van der Waals surface area contributed by atoms with E-state index in [0.29, 0.717) is 22.1 Å². The smallest absolute Gasteiger partial charge is 0.321 e. The first-order valence-electron chi connectivity index (χ1n) is 9.40. The quantitative estimate of drug-likeness (QED) is 0.527. The molecule has 0 saturated carbocycles. The number of nitrogens with one attached hydrogen (secondary N) is 3. The van der Waals surface area contributed by atoms with Crippen molar-refractivity contribution >= 4 is 28.4 Å². The summed E-state index contributed by atoms with van der Waals surface area (Å²) < 4.78 is 13.2. The summed E-state index contributed by atoms with van der Waals surface area (Å²) in [4.78, 5) is 44.8. The van der Waals surface area contributed by atoms with Gasteiger partial charge in [0.2, 0.25) is 0 Å². The zero-order valence-electron chi connectivity index (χ0n) is 17.2. The second-order valence-corrected chi connectivity index (χ2v) is 7.78. The standard InChI is InChI=1S/C21H19FN6O3S/c1-12-6-16(17(8-23)18(29)25-12)19(30)28(2)10-15-11-32-21(26-15)27-20(31)24-9-13-4-3-5-14(22)7-13/h3-7,11H,9-10H2,1-2H3,(H,25,29)(H2,24,26,27,31). The van der Waals surface area contributed by atoms with Gasteiger partial charge in [-0.25, -0.2) is 14.2 Å². The van der Waals surface area contributed by atoms with E-state index < -0.39 is 17.5 Å². The summed E-state index contributed by atoms with van der Waals surface area (Å²) in [6.45, 7) is 1.88. The molecule has 0 bridgehead atoms. The van der Waals surface area contributed by atoms with Gasteiger partial charge in [-0.2, -0.15) is 5.26 Å². The first-order valence-corrected chi connectivity index (χ1v) is 10.3. The topological polar surface area (TPSA) is 131 Å². The van der Waals surface area contributed by atoms with Gasteiger partial charge >= 0.3 is 6.03 Å². The van der Waals surface area contributed by atoms with E-state index in [1.165, 1.54) is 41.5 Å². The van der Waals surface area contributed by atoms with Gasteiger partial charge in [0.05, 0.1) is 17.8 Å². The highest BCUT2D eigenvalue weighted by molar-refractivity contribution is 7.13. The maximum absolute atomic E-state index is 13.2. The Morgan fingerprint density at radius 2 is 2.12 bits per heavy atom. The van der Waals surface area contributed by atoms with Gasteiger partial charge in [-0.1, -0.05) is 12.1 Å². The van der Waals surface area contributed by atoms with Gasteiger partial charge in [-0.3, -0.25) is 14.9 Å².